The molecule has 5 nitrogen and oxygen atoms in total. The Kier molecular flexibility index (Phi) is 3.46. The van der Waals surface area contributed by atoms with E-state index >= 15 is 0 Å². The molecule has 1 fully saturated rings. The molecular weight excluding hydrogens is 246 g/mol. The SMILES string of the molecule is Cc1ccc(O)c(C(=O)N2CCC(C(=O)O)C2C)c1. The number of benzene rings is 1. The van der Waals surface area contributed by atoms with Crippen LogP contribution in [0.5, 0.6) is 5.75 Å². The molecule has 0 saturated carbocycles. The second kappa shape index (κ2) is 4.91. The molecule has 1 aromatic rings. The lowest BCUT2D eigenvalue weighted by molar-refractivity contribution is -0.142. The first-order chi connectivity index (χ1) is 8.91. The first-order valence-corrected chi connectivity index (χ1v) is 6.25. The number of aromatic hydroxyl groups is 1. The van der Waals surface area contributed by atoms with E-state index in [9.17, 15) is 14.7 Å². The van der Waals surface area contributed by atoms with E-state index in [1.165, 1.54) is 11.0 Å². The minimum Gasteiger partial charge on any atom is -0.507 e. The summed E-state index contributed by atoms with van der Waals surface area (Å²) >= 11 is 0. The van der Waals surface area contributed by atoms with Crippen molar-refractivity contribution in [2.75, 3.05) is 6.54 Å². The fourth-order valence-electron chi connectivity index (χ4n) is 2.53. The average Bonchev–Trinajstić information content (AvgIpc) is 2.73. The lowest BCUT2D eigenvalue weighted by Gasteiger charge is -2.23. The van der Waals surface area contributed by atoms with Gasteiger partial charge in [-0.15, -0.1) is 0 Å². The Bertz CT molecular complexity index is 526. The van der Waals surface area contributed by atoms with E-state index in [1.54, 1.807) is 19.1 Å². The van der Waals surface area contributed by atoms with Gasteiger partial charge in [-0.25, -0.2) is 0 Å². The summed E-state index contributed by atoms with van der Waals surface area (Å²) < 4.78 is 0. The number of aryl methyl sites for hydroxylation is 1. The summed E-state index contributed by atoms with van der Waals surface area (Å²) in [5, 5.41) is 18.8. The second-order valence-corrected chi connectivity index (χ2v) is 4.99. The topological polar surface area (TPSA) is 77.8 Å². The number of hydrogen-bond donors (Lipinski definition) is 2. The van der Waals surface area contributed by atoms with Crippen molar-refractivity contribution in [1.29, 1.82) is 0 Å². The highest BCUT2D eigenvalue weighted by molar-refractivity contribution is 5.97. The molecule has 2 N–H and O–H groups in total. The summed E-state index contributed by atoms with van der Waals surface area (Å²) in [5.41, 5.74) is 1.11. The highest BCUT2D eigenvalue weighted by Crippen LogP contribution is 2.28. The lowest BCUT2D eigenvalue weighted by Crippen LogP contribution is -2.37. The summed E-state index contributed by atoms with van der Waals surface area (Å²) in [6, 6.07) is 4.47. The number of nitrogens with zero attached hydrogens (tertiary/aromatic N) is 1. The van der Waals surface area contributed by atoms with E-state index in [1.807, 2.05) is 6.92 Å². The van der Waals surface area contributed by atoms with E-state index in [0.717, 1.165) is 5.56 Å². The van der Waals surface area contributed by atoms with Crippen LogP contribution in [0.25, 0.3) is 0 Å². The van der Waals surface area contributed by atoms with Gasteiger partial charge >= 0.3 is 5.97 Å². The van der Waals surface area contributed by atoms with Gasteiger partial charge in [-0.3, -0.25) is 9.59 Å². The van der Waals surface area contributed by atoms with Crippen LogP contribution in [0, 0.1) is 12.8 Å². The van der Waals surface area contributed by atoms with E-state index < -0.39 is 11.9 Å². The second-order valence-electron chi connectivity index (χ2n) is 4.99. The molecule has 0 spiro atoms. The lowest BCUT2D eigenvalue weighted by atomic mass is 10.0. The zero-order valence-electron chi connectivity index (χ0n) is 11.0. The third kappa shape index (κ3) is 2.41. The molecule has 0 aliphatic carbocycles. The van der Waals surface area contributed by atoms with Crippen LogP contribution in [0.3, 0.4) is 0 Å². The average molecular weight is 263 g/mol. The van der Waals surface area contributed by atoms with Crippen LogP contribution < -0.4 is 0 Å². The van der Waals surface area contributed by atoms with Gasteiger partial charge in [0.15, 0.2) is 0 Å². The zero-order valence-corrected chi connectivity index (χ0v) is 11.0. The third-order valence-electron chi connectivity index (χ3n) is 3.72. The minimum absolute atomic E-state index is 0.0680. The van der Waals surface area contributed by atoms with Crippen molar-refractivity contribution in [3.05, 3.63) is 29.3 Å². The van der Waals surface area contributed by atoms with Crippen LogP contribution in [-0.2, 0) is 4.79 Å². The van der Waals surface area contributed by atoms with E-state index in [2.05, 4.69) is 0 Å². The maximum Gasteiger partial charge on any atom is 0.308 e. The number of carboxylic acid groups (broad SMARTS) is 1. The number of carboxylic acids is 1. The fourth-order valence-corrected chi connectivity index (χ4v) is 2.53. The molecule has 1 saturated heterocycles. The minimum atomic E-state index is -0.878. The van der Waals surface area contributed by atoms with Crippen LogP contribution in [0.4, 0.5) is 0 Å². The molecule has 0 radical (unpaired) electrons. The smallest absolute Gasteiger partial charge is 0.308 e. The fraction of sp³-hybridized carbons (Fsp3) is 0.429. The van der Waals surface area contributed by atoms with Gasteiger partial charge in [0.2, 0.25) is 0 Å². The quantitative estimate of drug-likeness (QED) is 0.850. The predicted molar refractivity (Wildman–Crippen MR) is 69.1 cm³/mol. The van der Waals surface area contributed by atoms with E-state index in [-0.39, 0.29) is 23.3 Å². The van der Waals surface area contributed by atoms with Gasteiger partial charge in [0.25, 0.3) is 5.91 Å². The highest BCUT2D eigenvalue weighted by Gasteiger charge is 2.38. The van der Waals surface area contributed by atoms with Gasteiger partial charge < -0.3 is 15.1 Å². The largest absolute Gasteiger partial charge is 0.507 e. The number of rotatable bonds is 2. The molecule has 0 bridgehead atoms. The summed E-state index contributed by atoms with van der Waals surface area (Å²) in [4.78, 5) is 24.9. The normalized spacial score (nSPS) is 22.5. The molecule has 2 atom stereocenters. The Labute approximate surface area is 111 Å². The first kappa shape index (κ1) is 13.4. The molecule has 1 aliphatic rings. The van der Waals surface area contributed by atoms with Crippen molar-refractivity contribution < 1.29 is 19.8 Å². The van der Waals surface area contributed by atoms with Crippen molar-refractivity contribution in [2.24, 2.45) is 5.92 Å². The number of carbonyl (C=O) groups is 2. The molecule has 1 heterocycles. The van der Waals surface area contributed by atoms with Crippen LogP contribution in [0.2, 0.25) is 0 Å². The summed E-state index contributed by atoms with van der Waals surface area (Å²) in [6.45, 7) is 3.98. The Morgan fingerprint density at radius 3 is 2.63 bits per heavy atom. The number of likely N-dealkylation sites (tertiary alicyclic amines) is 1. The van der Waals surface area contributed by atoms with Crippen LogP contribution in [-0.4, -0.2) is 39.6 Å². The molecule has 2 rings (SSSR count). The molecule has 1 amide bonds. The molecular formula is C14H17NO4. The van der Waals surface area contributed by atoms with E-state index in [0.29, 0.717) is 13.0 Å². The Morgan fingerprint density at radius 1 is 1.37 bits per heavy atom. The monoisotopic (exact) mass is 263 g/mol. The predicted octanol–water partition coefficient (Wildman–Crippen LogP) is 1.64. The molecule has 1 aromatic carbocycles. The zero-order chi connectivity index (χ0) is 14.2. The van der Waals surface area contributed by atoms with Crippen molar-refractivity contribution in [3.63, 3.8) is 0 Å². The molecule has 2 unspecified atom stereocenters. The van der Waals surface area contributed by atoms with Crippen LogP contribution in [0.15, 0.2) is 18.2 Å². The van der Waals surface area contributed by atoms with Crippen molar-refractivity contribution in [1.82, 2.24) is 4.90 Å². The maximum absolute atomic E-state index is 12.4. The van der Waals surface area contributed by atoms with Crippen molar-refractivity contribution in [3.8, 4) is 5.75 Å². The van der Waals surface area contributed by atoms with Gasteiger partial charge in [-0.05, 0) is 32.4 Å². The summed E-state index contributed by atoms with van der Waals surface area (Å²) in [5.74, 6) is -1.79. The van der Waals surface area contributed by atoms with Gasteiger partial charge in [0.05, 0.1) is 11.5 Å². The Hall–Kier alpha value is -2.04. The van der Waals surface area contributed by atoms with Gasteiger partial charge in [-0.1, -0.05) is 11.6 Å². The van der Waals surface area contributed by atoms with Crippen molar-refractivity contribution in [2.45, 2.75) is 26.3 Å². The number of amides is 1. The molecule has 1 aliphatic heterocycles. The highest BCUT2D eigenvalue weighted by atomic mass is 16.4. The third-order valence-corrected chi connectivity index (χ3v) is 3.72. The van der Waals surface area contributed by atoms with Gasteiger partial charge in [0, 0.05) is 12.6 Å². The number of hydrogen-bond acceptors (Lipinski definition) is 3. The van der Waals surface area contributed by atoms with Crippen molar-refractivity contribution >= 4 is 11.9 Å². The summed E-state index contributed by atoms with van der Waals surface area (Å²) in [6.07, 6.45) is 0.453. The standard InChI is InChI=1S/C14H17NO4/c1-8-3-4-12(16)11(7-8)13(17)15-6-5-10(9(15)2)14(18)19/h3-4,7,9-10,16H,5-6H2,1-2H3,(H,18,19). The number of aliphatic carboxylic acids is 1. The number of phenols is 1. The number of phenolic OH excluding ortho intramolecular Hbond substituents is 1. The number of carbonyl (C=O) groups excluding carboxylic acids is 1. The van der Waals surface area contributed by atoms with E-state index in [4.69, 9.17) is 5.11 Å². The Balaban J connectivity index is 2.26. The van der Waals surface area contributed by atoms with Gasteiger partial charge in [0.1, 0.15) is 5.75 Å². The molecule has 5 heteroatoms. The van der Waals surface area contributed by atoms with Crippen LogP contribution in [0.1, 0.15) is 29.3 Å². The first-order valence-electron chi connectivity index (χ1n) is 6.25. The maximum atomic E-state index is 12.4. The van der Waals surface area contributed by atoms with Crippen LogP contribution >= 0.6 is 0 Å². The van der Waals surface area contributed by atoms with Gasteiger partial charge in [-0.2, -0.15) is 0 Å². The molecule has 0 aromatic heterocycles. The summed E-state index contributed by atoms with van der Waals surface area (Å²) in [7, 11) is 0. The molecule has 19 heavy (non-hydrogen) atoms. The molecule has 102 valence electrons. The Morgan fingerprint density at radius 2 is 2.05 bits per heavy atom.